The molecule has 1 aromatic heterocycles. The lowest BCUT2D eigenvalue weighted by Gasteiger charge is -2.20. The minimum absolute atomic E-state index is 0.336. The minimum atomic E-state index is 0.336. The van der Waals surface area contributed by atoms with Gasteiger partial charge in [-0.25, -0.2) is 0 Å². The van der Waals surface area contributed by atoms with Crippen LogP contribution in [0.5, 0.6) is 0 Å². The van der Waals surface area contributed by atoms with Gasteiger partial charge in [-0.15, -0.1) is 0 Å². The zero-order valence-electron chi connectivity index (χ0n) is 9.82. The summed E-state index contributed by atoms with van der Waals surface area (Å²) in [5.74, 6) is 0.648. The van der Waals surface area contributed by atoms with Crippen LogP contribution in [-0.2, 0) is 11.2 Å². The highest BCUT2D eigenvalue weighted by atomic mass is 79.9. The molecule has 1 aliphatic heterocycles. The van der Waals surface area contributed by atoms with Gasteiger partial charge in [0, 0.05) is 29.7 Å². The summed E-state index contributed by atoms with van der Waals surface area (Å²) in [4.78, 5) is 4.80. The Morgan fingerprint density at radius 2 is 2.38 bits per heavy atom. The largest absolute Gasteiger partial charge is 0.377 e. The summed E-state index contributed by atoms with van der Waals surface area (Å²) in [6.45, 7) is 5.22. The number of halogens is 1. The first-order chi connectivity index (χ1) is 7.66. The van der Waals surface area contributed by atoms with Crippen molar-refractivity contribution < 1.29 is 4.74 Å². The standard InChI is InChI=1S/C13H18BrNO/c1-9-3-4-11(15-8-9)7-12(14)13-10(2)5-6-16-13/h3-4,8,10,12-13H,5-7H2,1-2H3. The lowest BCUT2D eigenvalue weighted by molar-refractivity contribution is 0.0932. The van der Waals surface area contributed by atoms with E-state index in [1.54, 1.807) is 0 Å². The first-order valence-corrected chi connectivity index (χ1v) is 6.75. The van der Waals surface area contributed by atoms with Crippen molar-refractivity contribution in [3.63, 3.8) is 0 Å². The van der Waals surface area contributed by atoms with E-state index in [2.05, 4.69) is 46.9 Å². The number of aryl methyl sites for hydroxylation is 1. The van der Waals surface area contributed by atoms with Crippen molar-refractivity contribution in [2.24, 2.45) is 5.92 Å². The second kappa shape index (κ2) is 5.28. The first kappa shape index (κ1) is 12.1. The average Bonchev–Trinajstić information content (AvgIpc) is 2.68. The summed E-state index contributed by atoms with van der Waals surface area (Å²) in [6.07, 6.45) is 4.38. The fourth-order valence-corrected chi connectivity index (χ4v) is 3.12. The second-order valence-electron chi connectivity index (χ2n) is 4.65. The van der Waals surface area contributed by atoms with Crippen LogP contribution >= 0.6 is 15.9 Å². The molecule has 3 heteroatoms. The summed E-state index contributed by atoms with van der Waals surface area (Å²) in [7, 11) is 0. The van der Waals surface area contributed by atoms with Gasteiger partial charge in [0.1, 0.15) is 0 Å². The predicted molar refractivity (Wildman–Crippen MR) is 68.9 cm³/mol. The summed E-state index contributed by atoms with van der Waals surface area (Å²) in [5.41, 5.74) is 2.34. The molecule has 2 rings (SSSR count). The Morgan fingerprint density at radius 1 is 1.56 bits per heavy atom. The van der Waals surface area contributed by atoms with Gasteiger partial charge in [-0.05, 0) is 30.9 Å². The molecule has 0 radical (unpaired) electrons. The molecule has 0 saturated carbocycles. The number of ether oxygens (including phenoxy) is 1. The van der Waals surface area contributed by atoms with E-state index in [1.807, 2.05) is 6.20 Å². The maximum Gasteiger partial charge on any atom is 0.0730 e. The van der Waals surface area contributed by atoms with Gasteiger partial charge in [-0.3, -0.25) is 4.98 Å². The molecule has 1 fully saturated rings. The molecule has 1 saturated heterocycles. The van der Waals surface area contributed by atoms with Crippen LogP contribution in [0, 0.1) is 12.8 Å². The van der Waals surface area contributed by atoms with E-state index in [9.17, 15) is 0 Å². The van der Waals surface area contributed by atoms with Crippen molar-refractivity contribution in [3.8, 4) is 0 Å². The normalized spacial score (nSPS) is 26.9. The molecule has 0 N–H and O–H groups in total. The van der Waals surface area contributed by atoms with Crippen molar-refractivity contribution >= 4 is 15.9 Å². The van der Waals surface area contributed by atoms with E-state index < -0.39 is 0 Å². The van der Waals surface area contributed by atoms with Crippen LogP contribution in [0.25, 0.3) is 0 Å². The lowest BCUT2D eigenvalue weighted by Crippen LogP contribution is -2.27. The van der Waals surface area contributed by atoms with Gasteiger partial charge in [0.15, 0.2) is 0 Å². The number of pyridine rings is 1. The maximum absolute atomic E-state index is 5.75. The average molecular weight is 284 g/mol. The van der Waals surface area contributed by atoms with Crippen LogP contribution in [0.4, 0.5) is 0 Å². The van der Waals surface area contributed by atoms with Gasteiger partial charge < -0.3 is 4.74 Å². The molecular weight excluding hydrogens is 266 g/mol. The molecule has 0 aliphatic carbocycles. The number of hydrogen-bond acceptors (Lipinski definition) is 2. The van der Waals surface area contributed by atoms with Gasteiger partial charge in [0.05, 0.1) is 6.10 Å². The van der Waals surface area contributed by atoms with E-state index in [-0.39, 0.29) is 0 Å². The van der Waals surface area contributed by atoms with Gasteiger partial charge >= 0.3 is 0 Å². The third-order valence-corrected chi connectivity index (χ3v) is 4.02. The number of nitrogens with zero attached hydrogens (tertiary/aromatic N) is 1. The fourth-order valence-electron chi connectivity index (χ4n) is 2.11. The van der Waals surface area contributed by atoms with Crippen LogP contribution < -0.4 is 0 Å². The summed E-state index contributed by atoms with van der Waals surface area (Å²) >= 11 is 3.74. The Kier molecular flexibility index (Phi) is 3.98. The summed E-state index contributed by atoms with van der Waals surface area (Å²) in [6, 6.07) is 4.21. The molecule has 1 aromatic rings. The number of alkyl halides is 1. The molecule has 0 aromatic carbocycles. The maximum atomic E-state index is 5.75. The second-order valence-corrected chi connectivity index (χ2v) is 5.82. The third-order valence-electron chi connectivity index (χ3n) is 3.18. The van der Waals surface area contributed by atoms with Crippen LogP contribution in [0.2, 0.25) is 0 Å². The Morgan fingerprint density at radius 3 is 2.94 bits per heavy atom. The first-order valence-electron chi connectivity index (χ1n) is 5.84. The molecule has 1 aliphatic rings. The van der Waals surface area contributed by atoms with Crippen molar-refractivity contribution in [1.29, 1.82) is 0 Å². The monoisotopic (exact) mass is 283 g/mol. The van der Waals surface area contributed by atoms with E-state index in [0.717, 1.165) is 18.7 Å². The number of hydrogen-bond donors (Lipinski definition) is 0. The fraction of sp³-hybridized carbons (Fsp3) is 0.615. The van der Waals surface area contributed by atoms with Gasteiger partial charge in [0.25, 0.3) is 0 Å². The third kappa shape index (κ3) is 2.83. The molecule has 0 amide bonds. The number of rotatable bonds is 3. The van der Waals surface area contributed by atoms with Gasteiger partial charge in [-0.2, -0.15) is 0 Å². The Balaban J connectivity index is 1.96. The van der Waals surface area contributed by atoms with E-state index >= 15 is 0 Å². The molecule has 0 spiro atoms. The summed E-state index contributed by atoms with van der Waals surface area (Å²) in [5, 5.41) is 0. The van der Waals surface area contributed by atoms with Crippen molar-refractivity contribution in [2.45, 2.75) is 37.6 Å². The van der Waals surface area contributed by atoms with Crippen LogP contribution in [0.3, 0.4) is 0 Å². The van der Waals surface area contributed by atoms with Gasteiger partial charge in [-0.1, -0.05) is 28.9 Å². The van der Waals surface area contributed by atoms with Crippen molar-refractivity contribution in [3.05, 3.63) is 29.6 Å². The smallest absolute Gasteiger partial charge is 0.0730 e. The highest BCUT2D eigenvalue weighted by Gasteiger charge is 2.30. The Bertz CT molecular complexity index is 338. The van der Waals surface area contributed by atoms with E-state index in [1.165, 1.54) is 12.0 Å². The van der Waals surface area contributed by atoms with E-state index in [0.29, 0.717) is 16.8 Å². The lowest BCUT2D eigenvalue weighted by atomic mass is 9.99. The zero-order valence-corrected chi connectivity index (χ0v) is 11.4. The predicted octanol–water partition coefficient (Wildman–Crippen LogP) is 3.12. The molecule has 2 nitrogen and oxygen atoms in total. The zero-order chi connectivity index (χ0) is 11.5. The van der Waals surface area contributed by atoms with Crippen LogP contribution in [0.1, 0.15) is 24.6 Å². The Hall–Kier alpha value is -0.410. The van der Waals surface area contributed by atoms with Crippen molar-refractivity contribution in [2.75, 3.05) is 6.61 Å². The highest BCUT2D eigenvalue weighted by molar-refractivity contribution is 9.09. The van der Waals surface area contributed by atoms with Crippen LogP contribution in [-0.4, -0.2) is 22.5 Å². The molecule has 88 valence electrons. The summed E-state index contributed by atoms with van der Waals surface area (Å²) < 4.78 is 5.75. The van der Waals surface area contributed by atoms with Gasteiger partial charge in [0.2, 0.25) is 0 Å². The quantitative estimate of drug-likeness (QED) is 0.796. The molecule has 2 heterocycles. The van der Waals surface area contributed by atoms with E-state index in [4.69, 9.17) is 4.74 Å². The molecule has 3 atom stereocenters. The molecule has 16 heavy (non-hydrogen) atoms. The minimum Gasteiger partial charge on any atom is -0.377 e. The highest BCUT2D eigenvalue weighted by Crippen LogP contribution is 2.28. The number of aromatic nitrogens is 1. The molecule has 0 bridgehead atoms. The van der Waals surface area contributed by atoms with Crippen LogP contribution in [0.15, 0.2) is 18.3 Å². The topological polar surface area (TPSA) is 22.1 Å². The SMILES string of the molecule is Cc1ccc(CC(Br)C2OCCC2C)nc1. The van der Waals surface area contributed by atoms with Crippen molar-refractivity contribution in [1.82, 2.24) is 4.98 Å². The Labute approximate surface area is 106 Å². The molecule has 3 unspecified atom stereocenters. The molecular formula is C13H18BrNO.